The smallest absolute Gasteiger partial charge is 0.274 e. The number of amides is 1. The highest BCUT2D eigenvalue weighted by Gasteiger charge is 2.50. The first kappa shape index (κ1) is 26.1. The molecule has 9 nitrogen and oxygen atoms in total. The van der Waals surface area contributed by atoms with E-state index in [0.717, 1.165) is 49.3 Å². The maximum atomic E-state index is 14.6. The summed E-state index contributed by atoms with van der Waals surface area (Å²) in [7, 11) is 1.92. The van der Waals surface area contributed by atoms with Gasteiger partial charge in [0.15, 0.2) is 5.82 Å². The Labute approximate surface area is 232 Å². The number of nitrogens with one attached hydrogen (secondary N) is 2. The Morgan fingerprint density at radius 2 is 2.17 bits per heavy atom. The molecule has 1 saturated carbocycles. The zero-order valence-corrected chi connectivity index (χ0v) is 22.8. The molecule has 2 fully saturated rings. The highest BCUT2D eigenvalue weighted by atomic mass is 19.1. The third-order valence-electron chi connectivity index (χ3n) is 8.51. The van der Waals surface area contributed by atoms with Gasteiger partial charge in [0, 0.05) is 56.7 Å². The molecule has 6 rings (SSSR count). The van der Waals surface area contributed by atoms with E-state index in [4.69, 9.17) is 6.57 Å². The molecule has 206 valence electrons. The van der Waals surface area contributed by atoms with Crippen LogP contribution in [-0.4, -0.2) is 54.7 Å². The van der Waals surface area contributed by atoms with E-state index < -0.39 is 5.82 Å². The Morgan fingerprint density at radius 1 is 1.32 bits per heavy atom. The van der Waals surface area contributed by atoms with Gasteiger partial charge in [-0.05, 0) is 54.6 Å². The van der Waals surface area contributed by atoms with Crippen LogP contribution in [0, 0.1) is 18.3 Å². The molecule has 2 aliphatic rings. The van der Waals surface area contributed by atoms with Crippen molar-refractivity contribution in [1.29, 1.82) is 0 Å². The molecule has 0 radical (unpaired) electrons. The standard InChI is InChI=1S/C30H33FN8O/c1-19-6-5-9-39(16-19)17-20-10-25(36-28-24(31)15-33-27(20)28)29(40)35-22-8-4-7-21(11-22)30(12-23(13-30)32-2)14-26-37-34-18-38(26)3/h4,7-8,10-11,15,18-19,23,33H,5-6,9,12-14,16-17H2,1,3H3,(H,35,40)/t19-,23?,30?/m0/s1. The summed E-state index contributed by atoms with van der Waals surface area (Å²) in [5.41, 5.74) is 3.30. The van der Waals surface area contributed by atoms with Crippen molar-refractivity contribution in [3.63, 3.8) is 0 Å². The van der Waals surface area contributed by atoms with Crippen LogP contribution in [0.25, 0.3) is 15.9 Å². The number of piperidine rings is 1. The average molecular weight is 541 g/mol. The molecule has 1 aliphatic carbocycles. The molecule has 1 aromatic carbocycles. The number of hydrogen-bond acceptors (Lipinski definition) is 5. The molecule has 1 aliphatic heterocycles. The maximum absolute atomic E-state index is 14.6. The number of halogens is 1. The minimum atomic E-state index is -0.468. The fourth-order valence-corrected chi connectivity index (χ4v) is 6.36. The van der Waals surface area contributed by atoms with Crippen molar-refractivity contribution < 1.29 is 9.18 Å². The number of carbonyl (C=O) groups is 1. The Kier molecular flexibility index (Phi) is 6.84. The summed E-state index contributed by atoms with van der Waals surface area (Å²) < 4.78 is 16.5. The van der Waals surface area contributed by atoms with Crippen LogP contribution in [0.2, 0.25) is 0 Å². The van der Waals surface area contributed by atoms with Gasteiger partial charge in [0.05, 0.1) is 5.52 Å². The van der Waals surface area contributed by atoms with Crippen molar-refractivity contribution in [2.45, 2.75) is 57.0 Å². The fourth-order valence-electron chi connectivity index (χ4n) is 6.36. The number of aromatic amines is 1. The quantitative estimate of drug-likeness (QED) is 0.326. The second kappa shape index (κ2) is 10.5. The minimum absolute atomic E-state index is 0.0278. The molecule has 1 saturated heterocycles. The molecule has 0 spiro atoms. The molecule has 1 atom stereocenters. The number of nitrogens with zero attached hydrogens (tertiary/aromatic N) is 6. The van der Waals surface area contributed by atoms with Crippen molar-refractivity contribution in [2.75, 3.05) is 18.4 Å². The molecule has 40 heavy (non-hydrogen) atoms. The molecule has 4 heterocycles. The topological polar surface area (TPSA) is 96.1 Å². The van der Waals surface area contributed by atoms with Gasteiger partial charge in [-0.15, -0.1) is 10.2 Å². The number of anilines is 1. The van der Waals surface area contributed by atoms with E-state index in [0.29, 0.717) is 30.1 Å². The summed E-state index contributed by atoms with van der Waals surface area (Å²) in [4.78, 5) is 27.0. The highest BCUT2D eigenvalue weighted by molar-refractivity contribution is 6.04. The lowest BCUT2D eigenvalue weighted by molar-refractivity contribution is 0.102. The number of rotatable bonds is 7. The Hall–Kier alpha value is -4.10. The number of H-pyrrole nitrogens is 1. The number of benzene rings is 1. The number of fused-ring (bicyclic) bond motifs is 1. The fraction of sp³-hybridized carbons (Fsp3) is 0.433. The summed E-state index contributed by atoms with van der Waals surface area (Å²) in [6.07, 6.45) is 7.45. The Morgan fingerprint density at radius 3 is 2.92 bits per heavy atom. The van der Waals surface area contributed by atoms with E-state index in [2.05, 4.69) is 42.2 Å². The third-order valence-corrected chi connectivity index (χ3v) is 8.51. The lowest BCUT2D eigenvalue weighted by Crippen LogP contribution is -2.45. The number of aryl methyl sites for hydroxylation is 1. The molecule has 4 aromatic rings. The molecular formula is C30H33FN8O. The van der Waals surface area contributed by atoms with Crippen LogP contribution in [0.15, 0.2) is 42.9 Å². The zero-order valence-electron chi connectivity index (χ0n) is 22.8. The number of likely N-dealkylation sites (tertiary alicyclic amines) is 1. The predicted molar refractivity (Wildman–Crippen MR) is 150 cm³/mol. The van der Waals surface area contributed by atoms with Gasteiger partial charge >= 0.3 is 0 Å². The number of hydrogen-bond donors (Lipinski definition) is 2. The van der Waals surface area contributed by atoms with Crippen LogP contribution in [0.3, 0.4) is 0 Å². The summed E-state index contributed by atoms with van der Waals surface area (Å²) in [6, 6.07) is 9.52. The van der Waals surface area contributed by atoms with E-state index >= 15 is 0 Å². The largest absolute Gasteiger partial charge is 0.357 e. The van der Waals surface area contributed by atoms with E-state index in [9.17, 15) is 9.18 Å². The van der Waals surface area contributed by atoms with Gasteiger partial charge in [-0.3, -0.25) is 9.69 Å². The normalized spacial score (nSPS) is 23.1. The lowest BCUT2D eigenvalue weighted by atomic mass is 9.60. The van der Waals surface area contributed by atoms with Crippen LogP contribution < -0.4 is 5.32 Å². The van der Waals surface area contributed by atoms with Crippen molar-refractivity contribution in [3.05, 3.63) is 82.7 Å². The third kappa shape index (κ3) is 4.97. The number of pyridine rings is 1. The van der Waals surface area contributed by atoms with Crippen LogP contribution in [0.1, 0.15) is 60.0 Å². The summed E-state index contributed by atoms with van der Waals surface area (Å²) in [6.45, 7) is 12.3. The summed E-state index contributed by atoms with van der Waals surface area (Å²) in [5.74, 6) is 0.617. The molecule has 10 heteroatoms. The predicted octanol–water partition coefficient (Wildman–Crippen LogP) is 4.88. The zero-order chi connectivity index (χ0) is 27.9. The molecular weight excluding hydrogens is 507 g/mol. The van der Waals surface area contributed by atoms with E-state index in [1.54, 1.807) is 12.4 Å². The first-order valence-electron chi connectivity index (χ1n) is 13.8. The Balaban J connectivity index is 1.26. The van der Waals surface area contributed by atoms with Crippen molar-refractivity contribution in [3.8, 4) is 0 Å². The van der Waals surface area contributed by atoms with Gasteiger partial charge < -0.3 is 19.7 Å². The molecule has 0 unspecified atom stereocenters. The SMILES string of the molecule is [C-]#[N+]C1CC(Cc2nncn2C)(c2cccc(NC(=O)c3cc(CN4CCC[C@H](C)C4)c4[nH]cc(F)c4n3)c2)C1. The minimum Gasteiger partial charge on any atom is -0.357 e. The average Bonchev–Trinajstić information content (AvgIpc) is 3.50. The highest BCUT2D eigenvalue weighted by Crippen LogP contribution is 2.48. The van der Waals surface area contributed by atoms with Crippen LogP contribution in [0.5, 0.6) is 0 Å². The molecule has 0 bridgehead atoms. The summed E-state index contributed by atoms with van der Waals surface area (Å²) >= 11 is 0. The van der Waals surface area contributed by atoms with Crippen LogP contribution in [0.4, 0.5) is 10.1 Å². The molecule has 2 N–H and O–H groups in total. The monoisotopic (exact) mass is 540 g/mol. The van der Waals surface area contributed by atoms with Crippen LogP contribution >= 0.6 is 0 Å². The van der Waals surface area contributed by atoms with Crippen LogP contribution in [-0.2, 0) is 25.4 Å². The molecule has 3 aromatic heterocycles. The second-order valence-corrected chi connectivity index (χ2v) is 11.6. The molecule has 1 amide bonds. The Bertz CT molecular complexity index is 1590. The summed E-state index contributed by atoms with van der Waals surface area (Å²) in [5, 5.41) is 11.3. The first-order chi connectivity index (χ1) is 19.3. The van der Waals surface area contributed by atoms with Gasteiger partial charge in [-0.25, -0.2) is 15.9 Å². The number of carbonyl (C=O) groups excluding carboxylic acids is 1. The van der Waals surface area contributed by atoms with Gasteiger partial charge in [0.1, 0.15) is 23.4 Å². The van der Waals surface area contributed by atoms with Crippen molar-refractivity contribution in [2.24, 2.45) is 13.0 Å². The van der Waals surface area contributed by atoms with E-state index in [1.807, 2.05) is 35.9 Å². The second-order valence-electron chi connectivity index (χ2n) is 11.6. The van der Waals surface area contributed by atoms with E-state index in [1.165, 1.54) is 12.6 Å². The van der Waals surface area contributed by atoms with Gasteiger partial charge in [-0.2, -0.15) is 0 Å². The lowest BCUT2D eigenvalue weighted by Gasteiger charge is -2.42. The maximum Gasteiger partial charge on any atom is 0.274 e. The van der Waals surface area contributed by atoms with Gasteiger partial charge in [0.25, 0.3) is 5.91 Å². The first-order valence-corrected chi connectivity index (χ1v) is 13.8. The number of aromatic nitrogens is 5. The van der Waals surface area contributed by atoms with E-state index in [-0.39, 0.29) is 28.6 Å². The van der Waals surface area contributed by atoms with Gasteiger partial charge in [0.2, 0.25) is 6.04 Å². The van der Waals surface area contributed by atoms with Crippen molar-refractivity contribution >= 4 is 22.6 Å². The van der Waals surface area contributed by atoms with Crippen molar-refractivity contribution in [1.82, 2.24) is 29.6 Å². The van der Waals surface area contributed by atoms with Gasteiger partial charge in [-0.1, -0.05) is 19.1 Å².